The van der Waals surface area contributed by atoms with Crippen molar-refractivity contribution in [1.82, 2.24) is 19.7 Å². The molecule has 0 bridgehead atoms. The van der Waals surface area contributed by atoms with E-state index >= 15 is 0 Å². The lowest BCUT2D eigenvalue weighted by Gasteiger charge is -2.03. The second-order valence-electron chi connectivity index (χ2n) is 5.61. The molecule has 0 spiro atoms. The predicted molar refractivity (Wildman–Crippen MR) is 96.1 cm³/mol. The number of nitrogens with one attached hydrogen (secondary N) is 1. The smallest absolute Gasteiger partial charge is 0.277 e. The van der Waals surface area contributed by atoms with Gasteiger partial charge in [-0.1, -0.05) is 30.3 Å². The Balaban J connectivity index is 1.60. The highest BCUT2D eigenvalue weighted by Gasteiger charge is 2.14. The van der Waals surface area contributed by atoms with Gasteiger partial charge in [0.15, 0.2) is 11.3 Å². The second-order valence-corrected chi connectivity index (χ2v) is 5.61. The first-order valence-electron chi connectivity index (χ1n) is 7.83. The molecule has 0 saturated heterocycles. The lowest BCUT2D eigenvalue weighted by atomic mass is 10.1. The summed E-state index contributed by atoms with van der Waals surface area (Å²) in [6.45, 7) is 0. The Morgan fingerprint density at radius 3 is 2.72 bits per heavy atom. The van der Waals surface area contributed by atoms with Gasteiger partial charge in [0.05, 0.1) is 5.69 Å². The maximum Gasteiger partial charge on any atom is 0.277 e. The van der Waals surface area contributed by atoms with Crippen LogP contribution in [0.3, 0.4) is 0 Å². The molecule has 0 unspecified atom stereocenters. The minimum atomic E-state index is -0.305. The van der Waals surface area contributed by atoms with E-state index in [2.05, 4.69) is 20.4 Å². The van der Waals surface area contributed by atoms with E-state index in [9.17, 15) is 4.79 Å². The van der Waals surface area contributed by atoms with Crippen LogP contribution in [-0.2, 0) is 7.05 Å². The van der Waals surface area contributed by atoms with Crippen LogP contribution in [0.4, 0.5) is 5.82 Å². The van der Waals surface area contributed by atoms with Crippen LogP contribution >= 0.6 is 0 Å². The maximum atomic E-state index is 12.5. The van der Waals surface area contributed by atoms with Gasteiger partial charge in [0.1, 0.15) is 5.82 Å². The summed E-state index contributed by atoms with van der Waals surface area (Å²) < 4.78 is 1.69. The van der Waals surface area contributed by atoms with Crippen LogP contribution in [-0.4, -0.2) is 25.7 Å². The van der Waals surface area contributed by atoms with E-state index in [1.54, 1.807) is 23.0 Å². The fourth-order valence-electron chi connectivity index (χ4n) is 2.66. The summed E-state index contributed by atoms with van der Waals surface area (Å²) >= 11 is 0. The van der Waals surface area contributed by atoms with Gasteiger partial charge in [0, 0.05) is 18.6 Å². The first-order chi connectivity index (χ1) is 12.2. The van der Waals surface area contributed by atoms with Gasteiger partial charge in [-0.05, 0) is 35.9 Å². The molecule has 25 heavy (non-hydrogen) atoms. The molecule has 3 heterocycles. The number of aromatic nitrogens is 4. The average Bonchev–Trinajstić information content (AvgIpc) is 3.04. The topological polar surface area (TPSA) is 72.7 Å². The van der Waals surface area contributed by atoms with Crippen molar-refractivity contribution in [2.24, 2.45) is 7.05 Å². The highest BCUT2D eigenvalue weighted by Crippen LogP contribution is 2.20. The summed E-state index contributed by atoms with van der Waals surface area (Å²) in [5, 5.41) is 8.00. The molecule has 6 heteroatoms. The minimum Gasteiger partial charge on any atom is -0.305 e. The Morgan fingerprint density at radius 1 is 1.04 bits per heavy atom. The van der Waals surface area contributed by atoms with Gasteiger partial charge in [-0.25, -0.2) is 9.97 Å². The highest BCUT2D eigenvalue weighted by molar-refractivity contribution is 6.03. The van der Waals surface area contributed by atoms with Crippen molar-refractivity contribution >= 4 is 22.8 Å². The Labute approximate surface area is 144 Å². The van der Waals surface area contributed by atoms with E-state index in [4.69, 9.17) is 0 Å². The molecule has 6 nitrogen and oxygen atoms in total. The maximum absolute atomic E-state index is 12.5. The highest BCUT2D eigenvalue weighted by atomic mass is 16.2. The Morgan fingerprint density at radius 2 is 1.88 bits per heavy atom. The fraction of sp³-hybridized carbons (Fsp3) is 0.0526. The normalized spacial score (nSPS) is 10.8. The van der Waals surface area contributed by atoms with Crippen LogP contribution in [0.5, 0.6) is 0 Å². The van der Waals surface area contributed by atoms with Gasteiger partial charge in [0.2, 0.25) is 0 Å². The molecule has 0 fully saturated rings. The molecule has 1 aromatic carbocycles. The summed E-state index contributed by atoms with van der Waals surface area (Å²) in [7, 11) is 1.82. The molecule has 1 N–H and O–H groups in total. The molecule has 0 radical (unpaired) electrons. The third-order valence-corrected chi connectivity index (χ3v) is 3.89. The van der Waals surface area contributed by atoms with Crippen molar-refractivity contribution in [2.45, 2.75) is 0 Å². The van der Waals surface area contributed by atoms with E-state index in [1.807, 2.05) is 55.6 Å². The fourth-order valence-corrected chi connectivity index (χ4v) is 2.66. The molecule has 0 saturated carbocycles. The number of fused-ring (bicyclic) bond motifs is 1. The van der Waals surface area contributed by atoms with E-state index in [0.29, 0.717) is 17.2 Å². The standard InChI is InChI=1S/C19H15N5O/c1-24-16(13-6-3-2-4-7-13)12-15(23-24)19(25)22-17-10-9-14-8-5-11-20-18(14)21-17/h2-12H,1H3,(H,20,21,22,25). The van der Waals surface area contributed by atoms with Gasteiger partial charge in [-0.3, -0.25) is 9.48 Å². The third kappa shape index (κ3) is 2.97. The zero-order valence-corrected chi connectivity index (χ0v) is 13.5. The molecule has 0 aliphatic rings. The Bertz CT molecular complexity index is 1060. The molecule has 4 rings (SSSR count). The van der Waals surface area contributed by atoms with E-state index in [0.717, 1.165) is 16.6 Å². The van der Waals surface area contributed by atoms with Gasteiger partial charge in [-0.15, -0.1) is 0 Å². The van der Waals surface area contributed by atoms with E-state index in [1.165, 1.54) is 0 Å². The van der Waals surface area contributed by atoms with Crippen molar-refractivity contribution in [3.63, 3.8) is 0 Å². The van der Waals surface area contributed by atoms with Gasteiger partial charge < -0.3 is 5.32 Å². The number of carbonyl (C=O) groups is 1. The summed E-state index contributed by atoms with van der Waals surface area (Å²) in [6.07, 6.45) is 1.67. The second kappa shape index (κ2) is 6.16. The van der Waals surface area contributed by atoms with Crippen molar-refractivity contribution < 1.29 is 4.79 Å². The minimum absolute atomic E-state index is 0.305. The number of anilines is 1. The zero-order chi connectivity index (χ0) is 17.2. The molecular formula is C19H15N5O. The number of nitrogens with zero attached hydrogens (tertiary/aromatic N) is 4. The van der Waals surface area contributed by atoms with Gasteiger partial charge >= 0.3 is 0 Å². The third-order valence-electron chi connectivity index (χ3n) is 3.89. The van der Waals surface area contributed by atoms with Gasteiger partial charge in [0.25, 0.3) is 5.91 Å². The monoisotopic (exact) mass is 329 g/mol. The number of aryl methyl sites for hydroxylation is 1. The molecule has 0 aliphatic carbocycles. The number of rotatable bonds is 3. The molecule has 3 aromatic heterocycles. The zero-order valence-electron chi connectivity index (χ0n) is 13.5. The number of amides is 1. The number of benzene rings is 1. The number of hydrogen-bond donors (Lipinski definition) is 1. The lowest BCUT2D eigenvalue weighted by Crippen LogP contribution is -2.14. The molecule has 1 amide bonds. The van der Waals surface area contributed by atoms with Crippen LogP contribution in [0, 0.1) is 0 Å². The molecule has 4 aromatic rings. The van der Waals surface area contributed by atoms with Crippen molar-refractivity contribution in [3.8, 4) is 11.3 Å². The van der Waals surface area contributed by atoms with Crippen LogP contribution in [0.1, 0.15) is 10.5 Å². The van der Waals surface area contributed by atoms with E-state index in [-0.39, 0.29) is 5.91 Å². The van der Waals surface area contributed by atoms with Gasteiger partial charge in [-0.2, -0.15) is 5.10 Å². The lowest BCUT2D eigenvalue weighted by molar-refractivity contribution is 0.102. The molecule has 0 aliphatic heterocycles. The average molecular weight is 329 g/mol. The molecule has 122 valence electrons. The SMILES string of the molecule is Cn1nc(C(=O)Nc2ccc3cccnc3n2)cc1-c1ccccc1. The summed E-state index contributed by atoms with van der Waals surface area (Å²) in [4.78, 5) is 21.0. The largest absolute Gasteiger partial charge is 0.305 e. The van der Waals surface area contributed by atoms with Crippen LogP contribution in [0.25, 0.3) is 22.3 Å². The Hall–Kier alpha value is -3.54. The summed E-state index contributed by atoms with van der Waals surface area (Å²) in [6, 6.07) is 19.0. The Kier molecular flexibility index (Phi) is 3.70. The summed E-state index contributed by atoms with van der Waals surface area (Å²) in [5.74, 6) is 0.142. The summed E-state index contributed by atoms with van der Waals surface area (Å²) in [5.41, 5.74) is 2.80. The van der Waals surface area contributed by atoms with E-state index < -0.39 is 0 Å². The molecule has 0 atom stereocenters. The van der Waals surface area contributed by atoms with Crippen molar-refractivity contribution in [2.75, 3.05) is 5.32 Å². The van der Waals surface area contributed by atoms with Crippen LogP contribution in [0.15, 0.2) is 66.9 Å². The predicted octanol–water partition coefficient (Wildman–Crippen LogP) is 3.28. The number of hydrogen-bond acceptors (Lipinski definition) is 4. The van der Waals surface area contributed by atoms with Crippen LogP contribution < -0.4 is 5.32 Å². The first kappa shape index (κ1) is 15.0. The first-order valence-corrected chi connectivity index (χ1v) is 7.83. The number of carbonyl (C=O) groups excluding carboxylic acids is 1. The van der Waals surface area contributed by atoms with Crippen LogP contribution in [0.2, 0.25) is 0 Å². The van der Waals surface area contributed by atoms with Crippen molar-refractivity contribution in [3.05, 3.63) is 72.6 Å². The van der Waals surface area contributed by atoms with Crippen molar-refractivity contribution in [1.29, 1.82) is 0 Å². The molecular weight excluding hydrogens is 314 g/mol. The number of pyridine rings is 2. The quantitative estimate of drug-likeness (QED) is 0.626.